The average molecular weight is 249 g/mol. The largest absolute Gasteiger partial charge is 0.466 e. The Kier molecular flexibility index (Phi) is 3.47. The number of fused-ring (bicyclic) bond motifs is 1. The number of amides is 1. The zero-order chi connectivity index (χ0) is 13.0. The van der Waals surface area contributed by atoms with E-state index < -0.39 is 11.9 Å². The highest BCUT2D eigenvalue weighted by Crippen LogP contribution is 2.34. The van der Waals surface area contributed by atoms with Crippen LogP contribution in [0.1, 0.15) is 0 Å². The molecule has 6 nitrogen and oxygen atoms in total. The minimum atomic E-state index is -0.587. The average Bonchev–Trinajstić information content (AvgIpc) is 2.83. The Bertz CT molecular complexity index is 509. The van der Waals surface area contributed by atoms with Gasteiger partial charge in [-0.05, 0) is 12.1 Å². The first kappa shape index (κ1) is 12.0. The molecule has 0 bridgehead atoms. The summed E-state index contributed by atoms with van der Waals surface area (Å²) in [6.45, 7) is 0.176. The molecule has 94 valence electrons. The van der Waals surface area contributed by atoms with Gasteiger partial charge < -0.3 is 19.5 Å². The molecule has 0 atom stereocenters. The summed E-state index contributed by atoms with van der Waals surface area (Å²) in [5.74, 6) is 0.193. The first-order valence-corrected chi connectivity index (χ1v) is 5.15. The normalized spacial score (nSPS) is 12.5. The van der Waals surface area contributed by atoms with Crippen LogP contribution in [0.3, 0.4) is 0 Å². The number of carbonyl (C=O) groups excluding carboxylic acids is 2. The van der Waals surface area contributed by atoms with E-state index in [1.807, 2.05) is 0 Å². The van der Waals surface area contributed by atoms with E-state index in [1.54, 1.807) is 18.2 Å². The minimum Gasteiger partial charge on any atom is -0.466 e. The highest BCUT2D eigenvalue weighted by Gasteiger charge is 2.13. The summed E-state index contributed by atoms with van der Waals surface area (Å²) >= 11 is 0. The smallest absolute Gasteiger partial charge is 0.330 e. The summed E-state index contributed by atoms with van der Waals surface area (Å²) in [5, 5.41) is 2.58. The van der Waals surface area contributed by atoms with Crippen LogP contribution in [0.4, 0.5) is 5.69 Å². The highest BCUT2D eigenvalue weighted by atomic mass is 16.7. The van der Waals surface area contributed by atoms with E-state index in [1.165, 1.54) is 7.11 Å². The second-order valence-electron chi connectivity index (χ2n) is 3.41. The van der Waals surface area contributed by atoms with E-state index in [2.05, 4.69) is 10.1 Å². The molecular weight excluding hydrogens is 238 g/mol. The molecule has 0 saturated heterocycles. The lowest BCUT2D eigenvalue weighted by Crippen LogP contribution is -2.08. The number of carbonyl (C=O) groups is 2. The van der Waals surface area contributed by atoms with E-state index in [4.69, 9.17) is 9.47 Å². The van der Waals surface area contributed by atoms with Crippen molar-refractivity contribution in [2.45, 2.75) is 0 Å². The summed E-state index contributed by atoms with van der Waals surface area (Å²) in [6, 6.07) is 5.02. The Morgan fingerprint density at radius 2 is 2.06 bits per heavy atom. The number of nitrogens with one attached hydrogen (secondary N) is 1. The molecule has 0 fully saturated rings. The van der Waals surface area contributed by atoms with Crippen LogP contribution in [-0.4, -0.2) is 25.8 Å². The zero-order valence-electron chi connectivity index (χ0n) is 9.64. The van der Waals surface area contributed by atoms with Crippen LogP contribution >= 0.6 is 0 Å². The van der Waals surface area contributed by atoms with Gasteiger partial charge in [-0.25, -0.2) is 4.79 Å². The van der Waals surface area contributed by atoms with Gasteiger partial charge in [0.1, 0.15) is 0 Å². The number of esters is 1. The Morgan fingerprint density at radius 3 is 2.83 bits per heavy atom. The Labute approximate surface area is 103 Å². The summed E-state index contributed by atoms with van der Waals surface area (Å²) in [6.07, 6.45) is 2.14. The summed E-state index contributed by atoms with van der Waals surface area (Å²) in [7, 11) is 1.24. The molecule has 1 heterocycles. The SMILES string of the molecule is COC(=O)/C=C\C(=O)Nc1ccc2c(c1)OCO2. The van der Waals surface area contributed by atoms with Crippen molar-refractivity contribution in [3.05, 3.63) is 30.4 Å². The lowest BCUT2D eigenvalue weighted by Gasteiger charge is -2.03. The molecule has 1 aliphatic rings. The topological polar surface area (TPSA) is 73.9 Å². The fraction of sp³-hybridized carbons (Fsp3) is 0.167. The van der Waals surface area contributed by atoms with Crippen LogP contribution in [0.2, 0.25) is 0 Å². The zero-order valence-corrected chi connectivity index (χ0v) is 9.64. The van der Waals surface area contributed by atoms with Gasteiger partial charge in [-0.15, -0.1) is 0 Å². The van der Waals surface area contributed by atoms with Crippen molar-refractivity contribution in [3.8, 4) is 11.5 Å². The van der Waals surface area contributed by atoms with Crippen LogP contribution in [0.25, 0.3) is 0 Å². The molecule has 0 spiro atoms. The quantitative estimate of drug-likeness (QED) is 0.641. The second-order valence-corrected chi connectivity index (χ2v) is 3.41. The van der Waals surface area contributed by atoms with Crippen LogP contribution in [0.5, 0.6) is 11.5 Å². The number of hydrogen-bond acceptors (Lipinski definition) is 5. The minimum absolute atomic E-state index is 0.176. The Balaban J connectivity index is 1.99. The van der Waals surface area contributed by atoms with Gasteiger partial charge in [-0.3, -0.25) is 4.79 Å². The molecule has 1 aliphatic heterocycles. The first-order chi connectivity index (χ1) is 8.69. The summed E-state index contributed by atoms with van der Waals surface area (Å²) < 4.78 is 14.7. The van der Waals surface area contributed by atoms with Gasteiger partial charge in [-0.2, -0.15) is 0 Å². The number of benzene rings is 1. The number of methoxy groups -OCH3 is 1. The molecule has 6 heteroatoms. The molecule has 0 aliphatic carbocycles. The molecule has 1 aromatic rings. The van der Waals surface area contributed by atoms with Crippen LogP contribution in [0, 0.1) is 0 Å². The summed E-state index contributed by atoms with van der Waals surface area (Å²) in [5.41, 5.74) is 0.554. The third-order valence-electron chi connectivity index (χ3n) is 2.21. The van der Waals surface area contributed by atoms with E-state index >= 15 is 0 Å². The van der Waals surface area contributed by atoms with Gasteiger partial charge in [0.25, 0.3) is 0 Å². The van der Waals surface area contributed by atoms with Gasteiger partial charge in [-0.1, -0.05) is 0 Å². The molecule has 1 amide bonds. The predicted molar refractivity (Wildman–Crippen MR) is 62.4 cm³/mol. The number of ether oxygens (including phenoxy) is 3. The van der Waals surface area contributed by atoms with Gasteiger partial charge in [0.05, 0.1) is 7.11 Å². The molecule has 1 N–H and O–H groups in total. The lowest BCUT2D eigenvalue weighted by atomic mass is 10.2. The van der Waals surface area contributed by atoms with Crippen LogP contribution in [0.15, 0.2) is 30.4 Å². The van der Waals surface area contributed by atoms with E-state index in [9.17, 15) is 9.59 Å². The van der Waals surface area contributed by atoms with Gasteiger partial charge >= 0.3 is 5.97 Å². The highest BCUT2D eigenvalue weighted by molar-refractivity contribution is 6.02. The molecule has 1 aromatic carbocycles. The maximum absolute atomic E-state index is 11.5. The van der Waals surface area contributed by atoms with E-state index in [0.29, 0.717) is 17.2 Å². The van der Waals surface area contributed by atoms with Crippen molar-refractivity contribution in [1.82, 2.24) is 0 Å². The van der Waals surface area contributed by atoms with Crippen molar-refractivity contribution in [3.63, 3.8) is 0 Å². The van der Waals surface area contributed by atoms with Crippen molar-refractivity contribution < 1.29 is 23.8 Å². The molecule has 0 unspecified atom stereocenters. The van der Waals surface area contributed by atoms with Crippen molar-refractivity contribution in [2.24, 2.45) is 0 Å². The summed E-state index contributed by atoms with van der Waals surface area (Å²) in [4.78, 5) is 22.3. The molecule has 2 rings (SSSR count). The number of rotatable bonds is 3. The van der Waals surface area contributed by atoms with Crippen molar-refractivity contribution in [2.75, 3.05) is 19.2 Å². The lowest BCUT2D eigenvalue weighted by molar-refractivity contribution is -0.135. The molecule has 0 radical (unpaired) electrons. The predicted octanol–water partition coefficient (Wildman–Crippen LogP) is 1.08. The van der Waals surface area contributed by atoms with Gasteiger partial charge in [0.2, 0.25) is 12.7 Å². The van der Waals surface area contributed by atoms with Gasteiger partial charge in [0, 0.05) is 23.9 Å². The Morgan fingerprint density at radius 1 is 1.28 bits per heavy atom. The standard InChI is InChI=1S/C12H11NO5/c1-16-12(15)5-4-11(14)13-8-2-3-9-10(6-8)18-7-17-9/h2-6H,7H2,1H3,(H,13,14)/b5-4-. The third kappa shape index (κ3) is 2.79. The second kappa shape index (κ2) is 5.22. The van der Waals surface area contributed by atoms with Crippen LogP contribution < -0.4 is 14.8 Å². The fourth-order valence-corrected chi connectivity index (χ4v) is 1.37. The molecule has 0 aromatic heterocycles. The van der Waals surface area contributed by atoms with Gasteiger partial charge in [0.15, 0.2) is 11.5 Å². The maximum atomic E-state index is 11.5. The van der Waals surface area contributed by atoms with Crippen LogP contribution in [-0.2, 0) is 14.3 Å². The first-order valence-electron chi connectivity index (χ1n) is 5.15. The Hall–Kier alpha value is -2.50. The third-order valence-corrected chi connectivity index (χ3v) is 2.21. The molecular formula is C12H11NO5. The maximum Gasteiger partial charge on any atom is 0.330 e. The number of anilines is 1. The van der Waals surface area contributed by atoms with E-state index in [0.717, 1.165) is 12.2 Å². The molecule has 0 saturated carbocycles. The monoisotopic (exact) mass is 249 g/mol. The fourth-order valence-electron chi connectivity index (χ4n) is 1.37. The van der Waals surface area contributed by atoms with Crippen molar-refractivity contribution >= 4 is 17.6 Å². The van der Waals surface area contributed by atoms with Crippen molar-refractivity contribution in [1.29, 1.82) is 0 Å². The number of hydrogen-bond donors (Lipinski definition) is 1. The molecule has 18 heavy (non-hydrogen) atoms. The van der Waals surface area contributed by atoms with E-state index in [-0.39, 0.29) is 6.79 Å².